The highest BCUT2D eigenvalue weighted by molar-refractivity contribution is 9.10. The highest BCUT2D eigenvalue weighted by Gasteiger charge is 2.00. The Hall–Kier alpha value is -1.46. The first-order valence-corrected chi connectivity index (χ1v) is 6.51. The van der Waals surface area contributed by atoms with Gasteiger partial charge in [-0.15, -0.1) is 0 Å². The van der Waals surface area contributed by atoms with Gasteiger partial charge < -0.3 is 10.5 Å². The minimum Gasteiger partial charge on any atom is -0.454 e. The smallest absolute Gasteiger partial charge is 0.164 e. The molecule has 0 radical (unpaired) electrons. The summed E-state index contributed by atoms with van der Waals surface area (Å²) in [5.41, 5.74) is 5.44. The van der Waals surface area contributed by atoms with E-state index in [4.69, 9.17) is 10.5 Å². The van der Waals surface area contributed by atoms with Gasteiger partial charge in [-0.1, -0.05) is 22.0 Å². The van der Waals surface area contributed by atoms with Crippen LogP contribution in [0.1, 0.15) is 12.2 Å². The first-order chi connectivity index (χ1) is 8.78. The van der Waals surface area contributed by atoms with Crippen LogP contribution >= 0.6 is 15.9 Å². The van der Waals surface area contributed by atoms with Crippen LogP contribution in [0.5, 0.6) is 11.5 Å². The molecule has 0 aliphatic rings. The molecule has 18 heavy (non-hydrogen) atoms. The molecule has 1 aromatic heterocycles. The van der Waals surface area contributed by atoms with Crippen molar-refractivity contribution in [3.05, 3.63) is 47.0 Å². The van der Waals surface area contributed by atoms with E-state index in [0.29, 0.717) is 12.3 Å². The summed E-state index contributed by atoms with van der Waals surface area (Å²) >= 11 is 3.39. The topological polar surface area (TPSA) is 61.0 Å². The molecule has 2 N–H and O–H groups in total. The van der Waals surface area contributed by atoms with Gasteiger partial charge in [0.25, 0.3) is 0 Å². The van der Waals surface area contributed by atoms with Crippen molar-refractivity contribution in [3.8, 4) is 11.5 Å². The Labute approximate surface area is 114 Å². The van der Waals surface area contributed by atoms with Crippen LogP contribution in [0.15, 0.2) is 41.1 Å². The molecule has 0 fully saturated rings. The third kappa shape index (κ3) is 3.78. The van der Waals surface area contributed by atoms with Gasteiger partial charge in [0.15, 0.2) is 5.75 Å². The number of nitrogens with two attached hydrogens (primary N) is 1. The molecule has 5 heteroatoms. The molecule has 0 unspecified atom stereocenters. The summed E-state index contributed by atoms with van der Waals surface area (Å²) in [6.45, 7) is 0.652. The number of halogens is 1. The lowest BCUT2D eigenvalue weighted by Gasteiger charge is -2.05. The summed E-state index contributed by atoms with van der Waals surface area (Å²) in [4.78, 5) is 8.46. The summed E-state index contributed by atoms with van der Waals surface area (Å²) < 4.78 is 6.61. The normalized spacial score (nSPS) is 10.3. The van der Waals surface area contributed by atoms with Crippen LogP contribution < -0.4 is 10.5 Å². The van der Waals surface area contributed by atoms with Crippen LogP contribution in [-0.4, -0.2) is 16.5 Å². The van der Waals surface area contributed by atoms with E-state index in [0.717, 1.165) is 28.9 Å². The fourth-order valence-corrected chi connectivity index (χ4v) is 1.83. The molecule has 0 saturated heterocycles. The molecule has 0 aliphatic heterocycles. The first-order valence-electron chi connectivity index (χ1n) is 5.72. The average molecular weight is 308 g/mol. The summed E-state index contributed by atoms with van der Waals surface area (Å²) in [5.74, 6) is 2.18. The van der Waals surface area contributed by atoms with Crippen molar-refractivity contribution in [3.63, 3.8) is 0 Å². The molecule has 4 nitrogen and oxygen atoms in total. The largest absolute Gasteiger partial charge is 0.454 e. The molecule has 0 amide bonds. The number of rotatable bonds is 5. The van der Waals surface area contributed by atoms with Gasteiger partial charge in [-0.3, -0.25) is 0 Å². The maximum absolute atomic E-state index is 5.64. The van der Waals surface area contributed by atoms with Gasteiger partial charge in [0.1, 0.15) is 11.6 Å². The molecule has 2 rings (SSSR count). The molecular weight excluding hydrogens is 294 g/mol. The number of aryl methyl sites for hydroxylation is 1. The summed E-state index contributed by atoms with van der Waals surface area (Å²) in [7, 11) is 0. The van der Waals surface area contributed by atoms with Crippen molar-refractivity contribution < 1.29 is 4.74 Å². The molecule has 1 heterocycles. The summed E-state index contributed by atoms with van der Waals surface area (Å²) in [6, 6.07) is 7.63. The second kappa shape index (κ2) is 6.47. The third-order valence-corrected chi connectivity index (χ3v) is 2.81. The molecular formula is C13H14BrN3O. The van der Waals surface area contributed by atoms with Crippen LogP contribution in [0, 0.1) is 0 Å². The second-order valence-corrected chi connectivity index (χ2v) is 4.70. The van der Waals surface area contributed by atoms with Crippen molar-refractivity contribution in [2.75, 3.05) is 6.54 Å². The lowest BCUT2D eigenvalue weighted by Crippen LogP contribution is -2.03. The van der Waals surface area contributed by atoms with Gasteiger partial charge in [0, 0.05) is 10.9 Å². The van der Waals surface area contributed by atoms with Crippen molar-refractivity contribution in [2.45, 2.75) is 12.8 Å². The van der Waals surface area contributed by atoms with Crippen LogP contribution in [0.3, 0.4) is 0 Å². The number of aromatic nitrogens is 2. The lowest BCUT2D eigenvalue weighted by molar-refractivity contribution is 0.476. The number of nitrogens with zero attached hydrogens (tertiary/aromatic N) is 2. The fraction of sp³-hybridized carbons (Fsp3) is 0.231. The summed E-state index contributed by atoms with van der Waals surface area (Å²) in [5, 5.41) is 0. The second-order valence-electron chi connectivity index (χ2n) is 3.79. The van der Waals surface area contributed by atoms with Crippen molar-refractivity contribution in [2.24, 2.45) is 5.73 Å². The monoisotopic (exact) mass is 307 g/mol. The van der Waals surface area contributed by atoms with Crippen LogP contribution in [0.2, 0.25) is 0 Å². The van der Waals surface area contributed by atoms with E-state index in [-0.39, 0.29) is 0 Å². The Morgan fingerprint density at radius 1 is 1.17 bits per heavy atom. The number of hydrogen-bond acceptors (Lipinski definition) is 4. The molecule has 2 aromatic rings. The highest BCUT2D eigenvalue weighted by atomic mass is 79.9. The zero-order valence-electron chi connectivity index (χ0n) is 9.84. The lowest BCUT2D eigenvalue weighted by atomic mass is 10.3. The maximum atomic E-state index is 5.64. The van der Waals surface area contributed by atoms with E-state index in [9.17, 15) is 0 Å². The molecule has 0 aliphatic carbocycles. The maximum Gasteiger partial charge on any atom is 0.164 e. The molecule has 0 saturated carbocycles. The van der Waals surface area contributed by atoms with E-state index in [1.165, 1.54) is 0 Å². The Bertz CT molecular complexity index is 502. The predicted molar refractivity (Wildman–Crippen MR) is 73.6 cm³/mol. The van der Waals surface area contributed by atoms with Gasteiger partial charge in [-0.05, 0) is 31.2 Å². The zero-order chi connectivity index (χ0) is 12.8. The van der Waals surface area contributed by atoms with E-state index in [1.54, 1.807) is 12.4 Å². The minimum absolute atomic E-state index is 0.629. The predicted octanol–water partition coefficient (Wildman–Crippen LogP) is 2.92. The Morgan fingerprint density at radius 3 is 2.61 bits per heavy atom. The van der Waals surface area contributed by atoms with Gasteiger partial charge in [-0.25, -0.2) is 9.97 Å². The molecule has 94 valence electrons. The van der Waals surface area contributed by atoms with Crippen molar-refractivity contribution in [1.82, 2.24) is 9.97 Å². The molecule has 0 atom stereocenters. The fourth-order valence-electron chi connectivity index (χ4n) is 1.45. The van der Waals surface area contributed by atoms with Gasteiger partial charge in [0.2, 0.25) is 0 Å². The number of hydrogen-bond donors (Lipinski definition) is 1. The Balaban J connectivity index is 2.02. The minimum atomic E-state index is 0.629. The summed E-state index contributed by atoms with van der Waals surface area (Å²) in [6.07, 6.45) is 5.05. The van der Waals surface area contributed by atoms with Gasteiger partial charge in [0.05, 0.1) is 12.4 Å². The van der Waals surface area contributed by atoms with Gasteiger partial charge in [-0.2, -0.15) is 0 Å². The number of ether oxygens (including phenoxy) is 1. The Morgan fingerprint density at radius 2 is 1.94 bits per heavy atom. The molecule has 1 aromatic carbocycles. The van der Waals surface area contributed by atoms with Crippen LogP contribution in [0.25, 0.3) is 0 Å². The average Bonchev–Trinajstić information content (AvgIpc) is 2.38. The van der Waals surface area contributed by atoms with E-state index in [1.807, 2.05) is 24.3 Å². The number of benzene rings is 1. The van der Waals surface area contributed by atoms with E-state index in [2.05, 4.69) is 25.9 Å². The van der Waals surface area contributed by atoms with E-state index < -0.39 is 0 Å². The Kier molecular flexibility index (Phi) is 4.66. The highest BCUT2D eigenvalue weighted by Crippen LogP contribution is 2.23. The van der Waals surface area contributed by atoms with Crippen LogP contribution in [-0.2, 0) is 6.42 Å². The quantitative estimate of drug-likeness (QED) is 0.922. The molecule has 0 bridgehead atoms. The van der Waals surface area contributed by atoms with Crippen molar-refractivity contribution in [1.29, 1.82) is 0 Å². The van der Waals surface area contributed by atoms with Crippen LogP contribution in [0.4, 0.5) is 0 Å². The molecule has 0 spiro atoms. The standard InChI is InChI=1S/C13H14BrN3O/c14-10-3-1-4-11(7-10)18-12-8-16-13(17-9-12)5-2-6-15/h1,3-4,7-9H,2,5-6,15H2. The SMILES string of the molecule is NCCCc1ncc(Oc2cccc(Br)c2)cn1. The van der Waals surface area contributed by atoms with Gasteiger partial charge >= 0.3 is 0 Å². The third-order valence-electron chi connectivity index (χ3n) is 2.32. The van der Waals surface area contributed by atoms with Crippen molar-refractivity contribution >= 4 is 15.9 Å². The first kappa shape index (κ1) is 13.0. The van der Waals surface area contributed by atoms with E-state index >= 15 is 0 Å². The zero-order valence-corrected chi connectivity index (χ0v) is 11.4.